The average Bonchev–Trinajstić information content (AvgIpc) is 0.817. The number of carboxylic acid groups (broad SMARTS) is 2. The van der Waals surface area contributed by atoms with Gasteiger partial charge in [0.1, 0.15) is 46.9 Å². The van der Waals surface area contributed by atoms with Gasteiger partial charge in [-0.05, 0) is 66.7 Å². The number of hydrogen-bond donors (Lipinski definition) is 9. The highest BCUT2D eigenvalue weighted by atomic mass is 36.0. The maximum atomic E-state index is 13.6. The molecule has 0 aliphatic rings. The normalized spacial score (nSPS) is 9.79. The van der Waals surface area contributed by atoms with Gasteiger partial charge >= 0.3 is 23.0 Å². The molecule has 0 aliphatic heterocycles. The Balaban J connectivity index is 0.000000391. The van der Waals surface area contributed by atoms with Gasteiger partial charge in [0.2, 0.25) is 26.7 Å². The van der Waals surface area contributed by atoms with Crippen LogP contribution in [-0.2, 0) is 14.0 Å². The summed E-state index contributed by atoms with van der Waals surface area (Å²) in [7, 11) is 7.36. The number of aliphatic carboxylic acids is 1. The molecule has 97 heavy (non-hydrogen) atoms. The van der Waals surface area contributed by atoms with Crippen LogP contribution in [-0.4, -0.2) is 87.3 Å². The van der Waals surface area contributed by atoms with Gasteiger partial charge in [0.05, 0.1) is 87.6 Å². The van der Waals surface area contributed by atoms with Gasteiger partial charge in [0.25, 0.3) is 17.1 Å². The van der Waals surface area contributed by atoms with Crippen molar-refractivity contribution in [1.29, 1.82) is 5.41 Å². The molecule has 4 aromatic heterocycles. The topological polar surface area (TPSA) is 478 Å². The van der Waals surface area contributed by atoms with Crippen LogP contribution in [0.2, 0.25) is 15.2 Å². The Bertz CT molecular complexity index is 4810. The van der Waals surface area contributed by atoms with E-state index in [-0.39, 0.29) is 83.8 Å². The van der Waals surface area contributed by atoms with Crippen molar-refractivity contribution in [2.45, 2.75) is 14.4 Å². The third-order valence-corrected chi connectivity index (χ3v) is 11.5. The second-order valence-corrected chi connectivity index (χ2v) is 20.8. The molecule has 0 unspecified atom stereocenters. The highest BCUT2D eigenvalue weighted by Gasteiger charge is 2.20. The van der Waals surface area contributed by atoms with Crippen LogP contribution in [0.5, 0.6) is 0 Å². The quantitative estimate of drug-likeness (QED) is 0.0109. The number of nitrogen functional groups attached to an aromatic ring is 2. The fourth-order valence-corrected chi connectivity index (χ4v) is 7.26. The molecule has 0 spiro atoms. The number of nitrogens with two attached hydrogens (primary N) is 3. The summed E-state index contributed by atoms with van der Waals surface area (Å²) in [5, 5.41) is 57.2. The largest absolute Gasteiger partial charge is 0.481 e. The molecule has 12 N–H and O–H groups in total. The fraction of sp³-hybridized carbons (Fsp3) is 0.0364. The number of nitro benzene ring substituents is 3. The standard InChI is InChI=1S/C14H7ClF2N4O2.C8H3ClFN3O2.C8H4FN3O3.C8H5FN2O.C7H6FNO2.C6H5ClFN.C2H4O2.CH4N2.CH4.Cl2OS/c15-9-3-7(1-2-10(9)16)20-14-8-4-13(21(22)23)11(17)5-12(8)18-6-19-14;9-8-4-1-7(13(14)15)5(10)2-6(4)11-3-12-8;9-5-2-6-4(1-7(5)12(14)15)8(13)11-3-10-6;9-5-1-2-6-7(3-5)10-4-11-8(6)12;8-4-1-2-5(7(10)11)6(9)3-4;7-5-3-4(9)1-2-6(5)8;1-2(3)4;2-1-3;;1-4(2)3/h1-6H,(H,18,19,20);1-3H;1-3H,(H,10,11,13);1-4H,(H,10,11,12);1-3H,9H2,(H,10,11);1-3H,9H2;1H3,(H,3,4);1H,(H3,2,3);1H4;. The molecule has 4 heterocycles. The van der Waals surface area contributed by atoms with E-state index in [9.17, 15) is 75.5 Å². The van der Waals surface area contributed by atoms with Crippen molar-refractivity contribution in [2.24, 2.45) is 5.73 Å². The Labute approximate surface area is 563 Å². The number of nitro groups is 3. The molecule has 0 amide bonds. The number of aromatic amines is 2. The molecule has 0 saturated carbocycles. The van der Waals surface area contributed by atoms with Gasteiger partial charge in [-0.25, -0.2) is 56.5 Å². The van der Waals surface area contributed by atoms with E-state index in [0.29, 0.717) is 22.3 Å². The average molecular weight is 1480 g/mol. The Kier molecular flexibility index (Phi) is 33.2. The molecule has 0 bridgehead atoms. The third kappa shape index (κ3) is 26.2. The van der Waals surface area contributed by atoms with Crippen LogP contribution in [0.1, 0.15) is 24.7 Å². The van der Waals surface area contributed by atoms with Gasteiger partial charge in [-0.15, -0.1) is 0 Å². The number of aromatic carboxylic acids is 1. The minimum atomic E-state index is -1.67. The molecule has 42 heteroatoms. The predicted molar refractivity (Wildman–Crippen MR) is 350 cm³/mol. The number of rotatable bonds is 6. The number of benzene rings is 7. The zero-order valence-corrected chi connectivity index (χ0v) is 52.0. The molecule has 510 valence electrons. The summed E-state index contributed by atoms with van der Waals surface area (Å²) in [6.45, 7) is 1.08. The Morgan fingerprint density at radius 3 is 1.43 bits per heavy atom. The fourth-order valence-electron chi connectivity index (χ4n) is 6.69. The molecule has 7 aromatic carbocycles. The van der Waals surface area contributed by atoms with Crippen LogP contribution < -0.4 is 33.6 Å². The van der Waals surface area contributed by atoms with Gasteiger partial charge < -0.3 is 42.7 Å². The van der Waals surface area contributed by atoms with Gasteiger partial charge in [0, 0.05) is 93.2 Å². The summed E-state index contributed by atoms with van der Waals surface area (Å²) in [5.41, 5.74) is 13.7. The lowest BCUT2D eigenvalue weighted by Crippen LogP contribution is -2.07. The van der Waals surface area contributed by atoms with E-state index in [4.69, 9.17) is 70.9 Å². The maximum Gasteiger partial charge on any atom is 0.337 e. The van der Waals surface area contributed by atoms with Crippen LogP contribution in [0.25, 0.3) is 43.6 Å². The smallest absolute Gasteiger partial charge is 0.337 e. The van der Waals surface area contributed by atoms with E-state index < -0.39 is 93.5 Å². The number of halogens is 12. The number of fused-ring (bicyclic) bond motifs is 4. The first kappa shape index (κ1) is 81.7. The molecule has 0 fully saturated rings. The van der Waals surface area contributed by atoms with Crippen LogP contribution in [0.15, 0.2) is 144 Å². The Morgan fingerprint density at radius 2 is 0.979 bits per heavy atom. The van der Waals surface area contributed by atoms with Crippen molar-refractivity contribution in [3.8, 4) is 0 Å². The minimum absolute atomic E-state index is 0. The summed E-state index contributed by atoms with van der Waals surface area (Å²) >= 11 is 16.7. The lowest BCUT2D eigenvalue weighted by Gasteiger charge is -2.09. The van der Waals surface area contributed by atoms with Gasteiger partial charge in [-0.1, -0.05) is 42.2 Å². The maximum absolute atomic E-state index is 13.6. The molecule has 29 nitrogen and oxygen atoms in total. The Morgan fingerprint density at radius 1 is 0.577 bits per heavy atom. The molecular weight excluding hydrogens is 1440 g/mol. The van der Waals surface area contributed by atoms with Gasteiger partial charge in [0.15, 0.2) is 0 Å². The van der Waals surface area contributed by atoms with E-state index >= 15 is 0 Å². The van der Waals surface area contributed by atoms with Crippen molar-refractivity contribution in [3.05, 3.63) is 247 Å². The SMILES string of the molecule is C.CC(=O)O.N=CN.Nc1cc(F)ccc1C(=O)O.Nc1ccc(F)c(Cl)c1.O=S(Cl)Cl.O=[N+]([O-])c1cc2c(Cl)ncnc2cc1F.O=[N+]([O-])c1cc2c(Nc3ccc(F)c(Cl)c3)ncnc2cc1F.O=c1[nH]cnc2cc(F)c([N+](=O)[O-])cc12.O=c1[nH]cnc2cc(F)ccc12. The first-order chi connectivity index (χ1) is 45.1. The van der Waals surface area contributed by atoms with E-state index in [1.807, 2.05) is 0 Å². The molecule has 11 aromatic rings. The molecule has 0 atom stereocenters. The Hall–Kier alpha value is -11.4. The molecule has 0 radical (unpaired) electrons. The summed E-state index contributed by atoms with van der Waals surface area (Å²) in [5.74, 6) is -6.66. The second-order valence-electron chi connectivity index (χ2n) is 17.1. The van der Waals surface area contributed by atoms with Crippen molar-refractivity contribution >= 4 is 167 Å². The summed E-state index contributed by atoms with van der Waals surface area (Å²) in [6.07, 6.45) is 5.46. The molecule has 11 rings (SSSR count). The number of anilines is 4. The number of aromatic nitrogens is 8. The lowest BCUT2D eigenvalue weighted by atomic mass is 10.2. The summed E-state index contributed by atoms with van der Waals surface area (Å²) in [6, 6.07) is 20.7. The van der Waals surface area contributed by atoms with E-state index in [0.717, 1.165) is 86.6 Å². The predicted octanol–water partition coefficient (Wildman–Crippen LogP) is 13.1. The van der Waals surface area contributed by atoms with Crippen LogP contribution >= 0.6 is 56.2 Å². The van der Waals surface area contributed by atoms with Crippen LogP contribution in [0.4, 0.5) is 70.7 Å². The second kappa shape index (κ2) is 39.4. The first-order valence-corrected chi connectivity index (χ1v) is 28.7. The first-order valence-electron chi connectivity index (χ1n) is 24.7. The zero-order chi connectivity index (χ0) is 72.3. The molecule has 0 aliphatic carbocycles. The van der Waals surface area contributed by atoms with Crippen molar-refractivity contribution in [1.82, 2.24) is 39.9 Å². The van der Waals surface area contributed by atoms with Crippen LogP contribution in [0, 0.1) is 76.5 Å². The molecular formula is C55H42Cl5F7N16O13S. The summed E-state index contributed by atoms with van der Waals surface area (Å²) in [4.78, 5) is 98.2. The van der Waals surface area contributed by atoms with Crippen molar-refractivity contribution < 1.29 is 69.5 Å². The van der Waals surface area contributed by atoms with Crippen molar-refractivity contribution in [3.63, 3.8) is 0 Å². The zero-order valence-electron chi connectivity index (χ0n) is 47.4. The highest BCUT2D eigenvalue weighted by Crippen LogP contribution is 2.31. The number of hydrogen-bond acceptors (Lipinski definition) is 21. The number of nitrogens with one attached hydrogen (secondary N) is 4. The van der Waals surface area contributed by atoms with E-state index in [1.165, 1.54) is 61.2 Å². The number of H-pyrrole nitrogens is 2. The number of nitrogens with zero attached hydrogens (tertiary/aromatic N) is 9. The van der Waals surface area contributed by atoms with E-state index in [1.54, 1.807) is 0 Å². The highest BCUT2D eigenvalue weighted by molar-refractivity contribution is 8.26. The minimum Gasteiger partial charge on any atom is -0.481 e. The lowest BCUT2D eigenvalue weighted by molar-refractivity contribution is -0.387. The number of carboxylic acids is 2. The van der Waals surface area contributed by atoms with Gasteiger partial charge in [-0.2, -0.15) is 13.2 Å². The third-order valence-electron chi connectivity index (χ3n) is 10.6. The monoisotopic (exact) mass is 1470 g/mol. The summed E-state index contributed by atoms with van der Waals surface area (Å²) < 4.78 is 99.4. The molecule has 0 saturated heterocycles. The van der Waals surface area contributed by atoms with Crippen LogP contribution in [0.3, 0.4) is 0 Å². The van der Waals surface area contributed by atoms with Crippen molar-refractivity contribution in [2.75, 3.05) is 16.8 Å². The van der Waals surface area contributed by atoms with Gasteiger partial charge in [-0.3, -0.25) is 50.1 Å². The number of carbonyl (C=O) groups is 2. The van der Waals surface area contributed by atoms with E-state index in [2.05, 4.69) is 72.3 Å².